The van der Waals surface area contributed by atoms with Crippen molar-refractivity contribution in [2.24, 2.45) is 11.3 Å². The highest BCUT2D eigenvalue weighted by atomic mass is 16.5. The summed E-state index contributed by atoms with van der Waals surface area (Å²) >= 11 is 0. The topological polar surface area (TPSA) is 21.3 Å². The van der Waals surface area contributed by atoms with Crippen LogP contribution in [0.15, 0.2) is 0 Å². The van der Waals surface area contributed by atoms with Gasteiger partial charge in [0.05, 0.1) is 6.61 Å². The highest BCUT2D eigenvalue weighted by Gasteiger charge is 2.35. The fourth-order valence-electron chi connectivity index (χ4n) is 3.05. The van der Waals surface area contributed by atoms with Gasteiger partial charge in [-0.3, -0.25) is 0 Å². The average molecular weight is 237 g/mol. The highest BCUT2D eigenvalue weighted by molar-refractivity contribution is 4.89. The van der Waals surface area contributed by atoms with Gasteiger partial charge in [0.2, 0.25) is 0 Å². The van der Waals surface area contributed by atoms with Gasteiger partial charge in [-0.2, -0.15) is 0 Å². The maximum Gasteiger partial charge on any atom is 0.0534 e. The van der Waals surface area contributed by atoms with E-state index >= 15 is 0 Å². The van der Waals surface area contributed by atoms with E-state index in [1.54, 1.807) is 0 Å². The van der Waals surface area contributed by atoms with Gasteiger partial charge in [-0.15, -0.1) is 0 Å². The maximum atomic E-state index is 6.01. The van der Waals surface area contributed by atoms with E-state index in [1.165, 1.54) is 64.3 Å². The number of nitrogens with one attached hydrogen (secondary N) is 1. The zero-order chi connectivity index (χ0) is 11.6. The van der Waals surface area contributed by atoms with Gasteiger partial charge in [0.1, 0.15) is 0 Å². The Morgan fingerprint density at radius 3 is 2.41 bits per heavy atom. The van der Waals surface area contributed by atoms with E-state index in [-0.39, 0.29) is 0 Å². The van der Waals surface area contributed by atoms with Crippen LogP contribution in [0.3, 0.4) is 0 Å². The molecule has 3 saturated carbocycles. The molecule has 98 valence electrons. The van der Waals surface area contributed by atoms with E-state index in [0.29, 0.717) is 5.41 Å². The van der Waals surface area contributed by atoms with Crippen LogP contribution in [-0.2, 0) is 4.74 Å². The van der Waals surface area contributed by atoms with Gasteiger partial charge in [0, 0.05) is 24.6 Å². The van der Waals surface area contributed by atoms with E-state index in [4.69, 9.17) is 4.74 Å². The molecule has 0 aromatic heterocycles. The van der Waals surface area contributed by atoms with Crippen molar-refractivity contribution >= 4 is 0 Å². The van der Waals surface area contributed by atoms with Crippen molar-refractivity contribution < 1.29 is 4.74 Å². The molecular formula is C15H27NO. The molecule has 2 nitrogen and oxygen atoms in total. The van der Waals surface area contributed by atoms with Crippen molar-refractivity contribution in [2.75, 3.05) is 19.8 Å². The smallest absolute Gasteiger partial charge is 0.0534 e. The Labute approximate surface area is 105 Å². The molecule has 0 saturated heterocycles. The summed E-state index contributed by atoms with van der Waals surface area (Å²) in [6.07, 6.45) is 12.7. The second kappa shape index (κ2) is 5.27. The number of ether oxygens (including phenoxy) is 1. The molecule has 17 heavy (non-hydrogen) atoms. The Kier molecular flexibility index (Phi) is 3.72. The zero-order valence-corrected chi connectivity index (χ0v) is 11.0. The standard InChI is InChI=1S/C15H27NO/c1-2-8-15(9-3-1,11-16-14-6-7-14)12-17-10-13-4-5-13/h13-14,16H,1-12H2. The van der Waals surface area contributed by atoms with Crippen molar-refractivity contribution in [1.82, 2.24) is 5.32 Å². The lowest BCUT2D eigenvalue weighted by Crippen LogP contribution is -2.40. The van der Waals surface area contributed by atoms with Crippen LogP contribution in [0, 0.1) is 11.3 Å². The summed E-state index contributed by atoms with van der Waals surface area (Å²) in [6, 6.07) is 0.845. The van der Waals surface area contributed by atoms with E-state index in [2.05, 4.69) is 5.32 Å². The van der Waals surface area contributed by atoms with Gasteiger partial charge >= 0.3 is 0 Å². The molecular weight excluding hydrogens is 210 g/mol. The van der Waals surface area contributed by atoms with Crippen LogP contribution in [0.25, 0.3) is 0 Å². The van der Waals surface area contributed by atoms with Crippen molar-refractivity contribution in [1.29, 1.82) is 0 Å². The van der Waals surface area contributed by atoms with Gasteiger partial charge in [-0.25, -0.2) is 0 Å². The first kappa shape index (κ1) is 12.0. The van der Waals surface area contributed by atoms with Crippen LogP contribution in [0.4, 0.5) is 0 Å². The SMILES string of the molecule is C1CCC(CNC2CC2)(COCC2CC2)CC1. The normalized spacial score (nSPS) is 28.2. The minimum atomic E-state index is 0.482. The lowest BCUT2D eigenvalue weighted by Gasteiger charge is -2.37. The van der Waals surface area contributed by atoms with Gasteiger partial charge in [0.25, 0.3) is 0 Å². The quantitative estimate of drug-likeness (QED) is 0.734. The zero-order valence-electron chi connectivity index (χ0n) is 11.0. The first-order chi connectivity index (χ1) is 8.36. The molecule has 3 aliphatic rings. The molecule has 2 heteroatoms. The third-order valence-corrected chi connectivity index (χ3v) is 4.72. The molecule has 0 unspecified atom stereocenters. The Morgan fingerprint density at radius 2 is 1.76 bits per heavy atom. The van der Waals surface area contributed by atoms with Gasteiger partial charge < -0.3 is 10.1 Å². The Balaban J connectivity index is 1.45. The number of hydrogen-bond donors (Lipinski definition) is 1. The van der Waals surface area contributed by atoms with E-state index in [0.717, 1.165) is 25.2 Å². The summed E-state index contributed by atoms with van der Waals surface area (Å²) in [7, 11) is 0. The van der Waals surface area contributed by atoms with Crippen LogP contribution in [0.5, 0.6) is 0 Å². The van der Waals surface area contributed by atoms with Crippen molar-refractivity contribution in [3.05, 3.63) is 0 Å². The monoisotopic (exact) mass is 237 g/mol. The maximum absolute atomic E-state index is 6.01. The predicted octanol–water partition coefficient (Wildman–Crippen LogP) is 3.12. The first-order valence-electron chi connectivity index (χ1n) is 7.68. The molecule has 0 aromatic rings. The fourth-order valence-corrected chi connectivity index (χ4v) is 3.05. The molecule has 0 atom stereocenters. The van der Waals surface area contributed by atoms with E-state index in [1.807, 2.05) is 0 Å². The minimum Gasteiger partial charge on any atom is -0.381 e. The van der Waals surface area contributed by atoms with Gasteiger partial charge in [-0.1, -0.05) is 19.3 Å². The lowest BCUT2D eigenvalue weighted by atomic mass is 9.74. The molecule has 1 N–H and O–H groups in total. The van der Waals surface area contributed by atoms with Crippen molar-refractivity contribution in [2.45, 2.75) is 63.8 Å². The Bertz CT molecular complexity index is 239. The summed E-state index contributed by atoms with van der Waals surface area (Å²) in [6.45, 7) is 3.26. The van der Waals surface area contributed by atoms with Crippen molar-refractivity contribution in [3.63, 3.8) is 0 Å². The van der Waals surface area contributed by atoms with Crippen molar-refractivity contribution in [3.8, 4) is 0 Å². The van der Waals surface area contributed by atoms with E-state index in [9.17, 15) is 0 Å². The minimum absolute atomic E-state index is 0.482. The molecule has 0 aliphatic heterocycles. The molecule has 0 spiro atoms. The molecule has 0 amide bonds. The molecule has 3 fully saturated rings. The van der Waals surface area contributed by atoms with Gasteiger partial charge in [-0.05, 0) is 44.4 Å². The third kappa shape index (κ3) is 3.69. The third-order valence-electron chi connectivity index (χ3n) is 4.72. The average Bonchev–Trinajstić information content (AvgIpc) is 3.23. The van der Waals surface area contributed by atoms with Crippen LogP contribution in [0.1, 0.15) is 57.8 Å². The molecule has 0 bridgehead atoms. The molecule has 0 heterocycles. The van der Waals surface area contributed by atoms with Crippen LogP contribution in [-0.4, -0.2) is 25.8 Å². The Morgan fingerprint density at radius 1 is 1.00 bits per heavy atom. The summed E-state index contributed by atoms with van der Waals surface area (Å²) < 4.78 is 6.01. The summed E-state index contributed by atoms with van der Waals surface area (Å²) in [5, 5.41) is 3.74. The van der Waals surface area contributed by atoms with Crippen LogP contribution < -0.4 is 5.32 Å². The number of hydrogen-bond acceptors (Lipinski definition) is 2. The van der Waals surface area contributed by atoms with Crippen LogP contribution >= 0.6 is 0 Å². The Hall–Kier alpha value is -0.0800. The molecule has 0 radical (unpaired) electrons. The lowest BCUT2D eigenvalue weighted by molar-refractivity contribution is 0.0153. The summed E-state index contributed by atoms with van der Waals surface area (Å²) in [4.78, 5) is 0. The first-order valence-corrected chi connectivity index (χ1v) is 7.68. The molecule has 3 rings (SSSR count). The molecule has 3 aliphatic carbocycles. The largest absolute Gasteiger partial charge is 0.381 e. The second-order valence-electron chi connectivity index (χ2n) is 6.67. The number of rotatable bonds is 7. The summed E-state index contributed by atoms with van der Waals surface area (Å²) in [5.74, 6) is 0.909. The van der Waals surface area contributed by atoms with E-state index < -0.39 is 0 Å². The van der Waals surface area contributed by atoms with Gasteiger partial charge in [0.15, 0.2) is 0 Å². The summed E-state index contributed by atoms with van der Waals surface area (Å²) in [5.41, 5.74) is 0.482. The van der Waals surface area contributed by atoms with Crippen LogP contribution in [0.2, 0.25) is 0 Å². The molecule has 0 aromatic carbocycles. The fraction of sp³-hybridized carbons (Fsp3) is 1.00. The predicted molar refractivity (Wildman–Crippen MR) is 70.1 cm³/mol. The second-order valence-corrected chi connectivity index (χ2v) is 6.67. The highest BCUT2D eigenvalue weighted by Crippen LogP contribution is 2.38.